The third-order valence-electron chi connectivity index (χ3n) is 3.44. The average molecular weight is 272 g/mol. The van der Waals surface area contributed by atoms with Crippen LogP contribution in [0.1, 0.15) is 30.9 Å². The maximum atomic E-state index is 13.8. The van der Waals surface area contributed by atoms with Crippen molar-refractivity contribution in [2.75, 3.05) is 0 Å². The Hall–Kier alpha value is -0.410. The highest BCUT2D eigenvalue weighted by atomic mass is 79.9. The van der Waals surface area contributed by atoms with Crippen LogP contribution in [0.3, 0.4) is 0 Å². The Bertz CT molecular complexity index is 397. The number of halogens is 2. The highest BCUT2D eigenvalue weighted by Crippen LogP contribution is 2.53. The van der Waals surface area contributed by atoms with Gasteiger partial charge in [0.1, 0.15) is 5.82 Å². The molecule has 0 amide bonds. The van der Waals surface area contributed by atoms with Crippen LogP contribution in [0.15, 0.2) is 16.6 Å². The van der Waals surface area contributed by atoms with Crippen molar-refractivity contribution in [1.29, 1.82) is 0 Å². The fourth-order valence-electron chi connectivity index (χ4n) is 2.18. The first kappa shape index (κ1) is 11.1. The minimum atomic E-state index is -0.137. The molecule has 1 nitrogen and oxygen atoms in total. The van der Waals surface area contributed by atoms with Crippen LogP contribution in [0.2, 0.25) is 0 Å². The van der Waals surface area contributed by atoms with E-state index in [1.807, 2.05) is 13.8 Å². The molecule has 0 spiro atoms. The van der Waals surface area contributed by atoms with Gasteiger partial charge in [-0.25, -0.2) is 4.39 Å². The normalized spacial score (nSPS) is 20.1. The number of hydrogen-bond donors (Lipinski definition) is 1. The summed E-state index contributed by atoms with van der Waals surface area (Å²) in [6.07, 6.45) is 1.98. The summed E-state index contributed by atoms with van der Waals surface area (Å²) >= 11 is 3.48. The van der Waals surface area contributed by atoms with Crippen molar-refractivity contribution in [3.63, 3.8) is 0 Å². The molecule has 1 unspecified atom stereocenters. The molecule has 1 aromatic rings. The number of hydrogen-bond acceptors (Lipinski definition) is 1. The second kappa shape index (κ2) is 3.56. The lowest BCUT2D eigenvalue weighted by molar-refractivity contribution is 0.509. The summed E-state index contributed by atoms with van der Waals surface area (Å²) in [5, 5.41) is 0. The molecule has 1 aliphatic rings. The third kappa shape index (κ3) is 1.62. The predicted molar refractivity (Wildman–Crippen MR) is 63.4 cm³/mol. The summed E-state index contributed by atoms with van der Waals surface area (Å²) in [6.45, 7) is 3.94. The Labute approximate surface area is 98.0 Å². The zero-order valence-electron chi connectivity index (χ0n) is 8.98. The topological polar surface area (TPSA) is 26.0 Å². The largest absolute Gasteiger partial charge is 0.327 e. The van der Waals surface area contributed by atoms with Crippen molar-refractivity contribution in [3.05, 3.63) is 33.5 Å². The minimum Gasteiger partial charge on any atom is -0.327 e. The Morgan fingerprint density at radius 3 is 2.53 bits per heavy atom. The van der Waals surface area contributed by atoms with Gasteiger partial charge in [0, 0.05) is 21.5 Å². The Morgan fingerprint density at radius 1 is 1.47 bits per heavy atom. The van der Waals surface area contributed by atoms with Crippen molar-refractivity contribution in [2.45, 2.75) is 38.1 Å². The van der Waals surface area contributed by atoms with E-state index in [1.165, 1.54) is 6.07 Å². The molecule has 0 bridgehead atoms. The fraction of sp³-hybridized carbons (Fsp3) is 0.500. The van der Waals surface area contributed by atoms with Gasteiger partial charge in [-0.05, 0) is 38.3 Å². The molecule has 0 saturated heterocycles. The first-order chi connectivity index (χ1) is 6.99. The number of benzene rings is 1. The van der Waals surface area contributed by atoms with E-state index in [-0.39, 0.29) is 17.3 Å². The van der Waals surface area contributed by atoms with Gasteiger partial charge in [0.25, 0.3) is 0 Å². The predicted octanol–water partition coefficient (Wildman–Crippen LogP) is 3.28. The van der Waals surface area contributed by atoms with Crippen LogP contribution < -0.4 is 5.73 Å². The van der Waals surface area contributed by atoms with Crippen LogP contribution in [0.25, 0.3) is 0 Å². The molecule has 0 aliphatic heterocycles. The van der Waals surface area contributed by atoms with Crippen LogP contribution in [-0.2, 0) is 5.41 Å². The molecule has 0 aromatic heterocycles. The molecule has 0 radical (unpaired) electrons. The first-order valence-electron chi connectivity index (χ1n) is 5.20. The van der Waals surface area contributed by atoms with Crippen LogP contribution in [0, 0.1) is 12.7 Å². The highest BCUT2D eigenvalue weighted by molar-refractivity contribution is 9.10. The first-order valence-corrected chi connectivity index (χ1v) is 5.99. The maximum Gasteiger partial charge on any atom is 0.128 e. The van der Waals surface area contributed by atoms with Crippen molar-refractivity contribution in [2.24, 2.45) is 5.73 Å². The molecule has 1 aliphatic carbocycles. The van der Waals surface area contributed by atoms with Crippen molar-refractivity contribution < 1.29 is 4.39 Å². The fourth-order valence-corrected chi connectivity index (χ4v) is 2.90. The lowest BCUT2D eigenvalue weighted by Gasteiger charge is -2.23. The zero-order chi connectivity index (χ0) is 11.2. The van der Waals surface area contributed by atoms with E-state index < -0.39 is 0 Å². The molecule has 1 fully saturated rings. The molecular weight excluding hydrogens is 257 g/mol. The molecule has 2 N–H and O–H groups in total. The SMILES string of the molecule is Cc1ccc(F)c(C2(C(C)N)CC2)c1Br. The van der Waals surface area contributed by atoms with Gasteiger partial charge < -0.3 is 5.73 Å². The van der Waals surface area contributed by atoms with Gasteiger partial charge in [0.05, 0.1) is 0 Å². The van der Waals surface area contributed by atoms with Gasteiger partial charge in [-0.2, -0.15) is 0 Å². The summed E-state index contributed by atoms with van der Waals surface area (Å²) in [5.41, 5.74) is 7.68. The smallest absolute Gasteiger partial charge is 0.128 e. The molecule has 3 heteroatoms. The van der Waals surface area contributed by atoms with E-state index in [4.69, 9.17) is 5.73 Å². The Morgan fingerprint density at radius 2 is 2.07 bits per heavy atom. The second-order valence-corrected chi connectivity index (χ2v) is 5.29. The van der Waals surface area contributed by atoms with Crippen LogP contribution in [0.4, 0.5) is 4.39 Å². The van der Waals surface area contributed by atoms with Gasteiger partial charge in [-0.15, -0.1) is 0 Å². The van der Waals surface area contributed by atoms with Gasteiger partial charge in [0.15, 0.2) is 0 Å². The average Bonchev–Trinajstić information content (AvgIpc) is 2.93. The van der Waals surface area contributed by atoms with E-state index in [1.54, 1.807) is 6.07 Å². The molecule has 15 heavy (non-hydrogen) atoms. The van der Waals surface area contributed by atoms with E-state index in [0.29, 0.717) is 0 Å². The maximum absolute atomic E-state index is 13.8. The van der Waals surface area contributed by atoms with Crippen molar-refractivity contribution in [3.8, 4) is 0 Å². The standard InChI is InChI=1S/C12H15BrFN/c1-7-3-4-9(14)10(11(7)13)12(5-6-12)8(2)15/h3-4,8H,5-6,15H2,1-2H3. The summed E-state index contributed by atoms with van der Waals surface area (Å²) in [4.78, 5) is 0. The number of rotatable bonds is 2. The van der Waals surface area contributed by atoms with Gasteiger partial charge in [0.2, 0.25) is 0 Å². The molecule has 2 rings (SSSR count). The monoisotopic (exact) mass is 271 g/mol. The van der Waals surface area contributed by atoms with E-state index in [2.05, 4.69) is 15.9 Å². The third-order valence-corrected chi connectivity index (χ3v) is 4.46. The van der Waals surface area contributed by atoms with Crippen molar-refractivity contribution in [1.82, 2.24) is 0 Å². The van der Waals surface area contributed by atoms with E-state index in [9.17, 15) is 4.39 Å². The Kier molecular flexibility index (Phi) is 2.63. The highest BCUT2D eigenvalue weighted by Gasteiger charge is 2.50. The quantitative estimate of drug-likeness (QED) is 0.878. The van der Waals surface area contributed by atoms with Crippen LogP contribution in [-0.4, -0.2) is 6.04 Å². The summed E-state index contributed by atoms with van der Waals surface area (Å²) in [6, 6.07) is 3.34. The molecule has 1 aromatic carbocycles. The summed E-state index contributed by atoms with van der Waals surface area (Å²) in [7, 11) is 0. The lowest BCUT2D eigenvalue weighted by atomic mass is 9.88. The Balaban J connectivity index is 2.57. The summed E-state index contributed by atoms with van der Waals surface area (Å²) in [5.74, 6) is -0.137. The van der Waals surface area contributed by atoms with E-state index in [0.717, 1.165) is 28.4 Å². The molecule has 1 atom stereocenters. The molecule has 82 valence electrons. The van der Waals surface area contributed by atoms with Crippen LogP contribution >= 0.6 is 15.9 Å². The van der Waals surface area contributed by atoms with E-state index >= 15 is 0 Å². The number of aryl methyl sites for hydroxylation is 1. The number of nitrogens with two attached hydrogens (primary N) is 1. The van der Waals surface area contributed by atoms with Crippen molar-refractivity contribution >= 4 is 15.9 Å². The lowest BCUT2D eigenvalue weighted by Crippen LogP contribution is -2.32. The molecular formula is C12H15BrFN. The van der Waals surface area contributed by atoms with Gasteiger partial charge >= 0.3 is 0 Å². The second-order valence-electron chi connectivity index (χ2n) is 4.50. The minimum absolute atomic E-state index is 0.00472. The zero-order valence-corrected chi connectivity index (χ0v) is 10.6. The van der Waals surface area contributed by atoms with Gasteiger partial charge in [-0.1, -0.05) is 22.0 Å². The van der Waals surface area contributed by atoms with Gasteiger partial charge in [-0.3, -0.25) is 0 Å². The molecule has 1 saturated carbocycles. The molecule has 0 heterocycles. The summed E-state index contributed by atoms with van der Waals surface area (Å²) < 4.78 is 14.7. The van der Waals surface area contributed by atoms with Crippen LogP contribution in [0.5, 0.6) is 0 Å².